The normalized spacial score (nSPS) is 25.3. The lowest BCUT2D eigenvalue weighted by Crippen LogP contribution is -2.57. The van der Waals surface area contributed by atoms with Crippen molar-refractivity contribution in [2.75, 3.05) is 39.6 Å². The fourth-order valence-electron chi connectivity index (χ4n) is 10.4. The molecule has 0 amide bonds. The Morgan fingerprint density at radius 3 is 1.77 bits per heavy atom. The Bertz CT molecular complexity index is 2260. The van der Waals surface area contributed by atoms with Crippen molar-refractivity contribution in [3.05, 3.63) is 119 Å². The van der Waals surface area contributed by atoms with E-state index in [1.807, 2.05) is 0 Å². The second kappa shape index (κ2) is 19.3. The molecule has 3 atom stereocenters. The van der Waals surface area contributed by atoms with E-state index in [1.165, 1.54) is 33.0 Å². The minimum atomic E-state index is -0.403. The third-order valence-electron chi connectivity index (χ3n) is 15.5. The molecule has 1 spiro atoms. The van der Waals surface area contributed by atoms with Crippen LogP contribution in [0.3, 0.4) is 0 Å². The van der Waals surface area contributed by atoms with Crippen molar-refractivity contribution in [1.29, 1.82) is 0 Å². The Morgan fingerprint density at radius 2 is 1.21 bits per heavy atom. The standard InChI is InChI=1S/C58H78O8/c1-12-48(59-34-53(5,6)51-60-36-57(37-61-51)38-62-52(63-39-57)54(7,8)35-64-56(11,14-3)15-4)46-22-18-24-49(46)65-44-29-25-42(26-30-44)58(43-27-31-45(32-28-43)66-55(9,10)13-2)33-41-21-16-19-40-20-17-23-47(58)50(40)41/h16-17,19-21,23-32,46,48,51-52H,12-15,18,22,33-39H2,1-11H3. The first-order chi connectivity index (χ1) is 31.5. The van der Waals surface area contributed by atoms with Gasteiger partial charge in [-0.1, -0.05) is 116 Å². The lowest BCUT2D eigenvalue weighted by Gasteiger charge is -2.49. The van der Waals surface area contributed by atoms with Crippen molar-refractivity contribution in [2.24, 2.45) is 22.2 Å². The van der Waals surface area contributed by atoms with Crippen molar-refractivity contribution in [3.63, 3.8) is 0 Å². The van der Waals surface area contributed by atoms with Gasteiger partial charge in [-0.25, -0.2) is 0 Å². The highest BCUT2D eigenvalue weighted by atomic mass is 16.7. The predicted octanol–water partition coefficient (Wildman–Crippen LogP) is 13.1. The first-order valence-electron chi connectivity index (χ1n) is 25.0. The van der Waals surface area contributed by atoms with Crippen LogP contribution in [0.2, 0.25) is 0 Å². The molecule has 0 aromatic heterocycles. The molecule has 8 rings (SSSR count). The van der Waals surface area contributed by atoms with Crippen LogP contribution in [0.4, 0.5) is 0 Å². The Hall–Kier alpha value is -3.76. The number of ether oxygens (including phenoxy) is 8. The van der Waals surface area contributed by atoms with E-state index >= 15 is 0 Å². The first kappa shape index (κ1) is 48.7. The van der Waals surface area contributed by atoms with Crippen LogP contribution in [0.5, 0.6) is 11.5 Å². The molecule has 8 nitrogen and oxygen atoms in total. The van der Waals surface area contributed by atoms with Gasteiger partial charge < -0.3 is 37.9 Å². The monoisotopic (exact) mass is 903 g/mol. The average Bonchev–Trinajstić information content (AvgIpc) is 3.93. The zero-order chi connectivity index (χ0) is 47.0. The maximum Gasteiger partial charge on any atom is 0.164 e. The van der Waals surface area contributed by atoms with Crippen LogP contribution >= 0.6 is 0 Å². The zero-order valence-corrected chi connectivity index (χ0v) is 41.9. The third-order valence-corrected chi connectivity index (χ3v) is 15.5. The van der Waals surface area contributed by atoms with Gasteiger partial charge in [0.05, 0.1) is 56.8 Å². The van der Waals surface area contributed by atoms with Crippen molar-refractivity contribution >= 4 is 10.8 Å². The van der Waals surface area contributed by atoms with E-state index in [9.17, 15) is 0 Å². The number of benzene rings is 4. The fourth-order valence-corrected chi connectivity index (χ4v) is 10.4. The first-order valence-corrected chi connectivity index (χ1v) is 25.0. The van der Waals surface area contributed by atoms with Gasteiger partial charge in [0.15, 0.2) is 12.6 Å². The molecule has 0 N–H and O–H groups in total. The molecule has 2 aliphatic carbocycles. The Kier molecular flexibility index (Phi) is 14.3. The zero-order valence-electron chi connectivity index (χ0n) is 41.9. The predicted molar refractivity (Wildman–Crippen MR) is 263 cm³/mol. The molecule has 8 heteroatoms. The topological polar surface area (TPSA) is 73.8 Å². The SMILES string of the molecule is CCC(OCC(C)(C)C1OCC2(CO1)COC(C(C)(C)COC(C)(CC)CC)OC2)C1CCC=C1Oc1ccc(C2(c3ccc(OC(C)(C)CC)cc3)Cc3cccc4cccc2c34)cc1. The van der Waals surface area contributed by atoms with Crippen LogP contribution in [0.15, 0.2) is 96.8 Å². The van der Waals surface area contributed by atoms with Crippen LogP contribution in [-0.2, 0) is 40.3 Å². The molecule has 4 aromatic carbocycles. The lowest BCUT2D eigenvalue weighted by atomic mass is 9.69. The molecule has 2 saturated heterocycles. The number of hydrogen-bond donors (Lipinski definition) is 0. The molecule has 2 aliphatic heterocycles. The van der Waals surface area contributed by atoms with E-state index in [0.717, 1.165) is 62.2 Å². The molecule has 2 heterocycles. The Balaban J connectivity index is 0.892. The summed E-state index contributed by atoms with van der Waals surface area (Å²) in [4.78, 5) is 0. The quantitative estimate of drug-likeness (QED) is 0.0921. The van der Waals surface area contributed by atoms with Gasteiger partial charge in [0.2, 0.25) is 0 Å². The van der Waals surface area contributed by atoms with Gasteiger partial charge in [0, 0.05) is 22.2 Å². The molecule has 0 radical (unpaired) electrons. The van der Waals surface area contributed by atoms with Crippen LogP contribution in [0, 0.1) is 22.2 Å². The highest BCUT2D eigenvalue weighted by Gasteiger charge is 2.49. The number of hydrogen-bond acceptors (Lipinski definition) is 8. The summed E-state index contributed by atoms with van der Waals surface area (Å²) in [6, 6.07) is 31.1. The summed E-state index contributed by atoms with van der Waals surface area (Å²) >= 11 is 0. The van der Waals surface area contributed by atoms with Crippen molar-refractivity contribution in [3.8, 4) is 11.5 Å². The molecule has 0 saturated carbocycles. The second-order valence-corrected chi connectivity index (χ2v) is 22.1. The molecular weight excluding hydrogens is 825 g/mol. The summed E-state index contributed by atoms with van der Waals surface area (Å²) in [6.45, 7) is 27.0. The molecule has 4 aromatic rings. The van der Waals surface area contributed by atoms with Gasteiger partial charge in [-0.05, 0) is 129 Å². The molecule has 4 aliphatic rings. The molecule has 66 heavy (non-hydrogen) atoms. The smallest absolute Gasteiger partial charge is 0.164 e. The average molecular weight is 903 g/mol. The van der Waals surface area contributed by atoms with Gasteiger partial charge in [0.25, 0.3) is 0 Å². The summed E-state index contributed by atoms with van der Waals surface area (Å²) < 4.78 is 52.1. The van der Waals surface area contributed by atoms with E-state index < -0.39 is 6.29 Å². The van der Waals surface area contributed by atoms with E-state index in [4.69, 9.17) is 37.9 Å². The minimum Gasteiger partial charge on any atom is -0.488 e. The highest BCUT2D eigenvalue weighted by molar-refractivity contribution is 5.94. The lowest BCUT2D eigenvalue weighted by molar-refractivity contribution is -0.340. The van der Waals surface area contributed by atoms with Crippen molar-refractivity contribution < 1.29 is 37.9 Å². The van der Waals surface area contributed by atoms with E-state index in [-0.39, 0.29) is 51.2 Å². The molecule has 0 bridgehead atoms. The van der Waals surface area contributed by atoms with Crippen LogP contribution in [-0.4, -0.2) is 69.5 Å². The molecule has 2 fully saturated rings. The van der Waals surface area contributed by atoms with Crippen LogP contribution in [0.25, 0.3) is 10.8 Å². The summed E-state index contributed by atoms with van der Waals surface area (Å²) in [6.07, 6.45) is 8.08. The Morgan fingerprint density at radius 1 is 0.652 bits per heavy atom. The van der Waals surface area contributed by atoms with Crippen molar-refractivity contribution in [2.45, 2.75) is 156 Å². The Labute approximate surface area is 396 Å². The molecular formula is C58H78O8. The minimum absolute atomic E-state index is 0.000217. The summed E-state index contributed by atoms with van der Waals surface area (Å²) in [5, 5.41) is 2.64. The van der Waals surface area contributed by atoms with Gasteiger partial charge in [0.1, 0.15) is 22.9 Å². The highest BCUT2D eigenvalue weighted by Crippen LogP contribution is 2.51. The van der Waals surface area contributed by atoms with E-state index in [2.05, 4.69) is 167 Å². The van der Waals surface area contributed by atoms with Gasteiger partial charge in [-0.15, -0.1) is 0 Å². The molecule has 358 valence electrons. The largest absolute Gasteiger partial charge is 0.488 e. The third kappa shape index (κ3) is 9.89. The van der Waals surface area contributed by atoms with Gasteiger partial charge in [-0.3, -0.25) is 0 Å². The number of allylic oxidation sites excluding steroid dienone is 1. The fraction of sp³-hybridized carbons (Fsp3) is 0.586. The second-order valence-electron chi connectivity index (χ2n) is 22.1. The van der Waals surface area contributed by atoms with Crippen molar-refractivity contribution in [1.82, 2.24) is 0 Å². The molecule has 3 unspecified atom stereocenters. The summed E-state index contributed by atoms with van der Waals surface area (Å²) in [5.74, 6) is 2.89. The maximum atomic E-state index is 6.81. The van der Waals surface area contributed by atoms with Gasteiger partial charge in [-0.2, -0.15) is 0 Å². The van der Waals surface area contributed by atoms with Crippen LogP contribution in [0.1, 0.15) is 137 Å². The summed E-state index contributed by atoms with van der Waals surface area (Å²) in [7, 11) is 0. The summed E-state index contributed by atoms with van der Waals surface area (Å²) in [5.41, 5.74) is 3.51. The van der Waals surface area contributed by atoms with Gasteiger partial charge >= 0.3 is 0 Å². The van der Waals surface area contributed by atoms with E-state index in [0.29, 0.717) is 39.6 Å². The number of rotatable bonds is 19. The maximum absolute atomic E-state index is 6.81. The van der Waals surface area contributed by atoms with Crippen LogP contribution < -0.4 is 9.47 Å². The van der Waals surface area contributed by atoms with E-state index in [1.54, 1.807) is 0 Å².